The number of hydrogen-bond acceptors (Lipinski definition) is 6. The molecule has 5 rings (SSSR count). The number of thioether (sulfide) groups is 1. The minimum atomic E-state index is -0.447. The molecule has 0 unspecified atom stereocenters. The molecule has 0 radical (unpaired) electrons. The molecule has 0 N–H and O–H groups in total. The van der Waals surface area contributed by atoms with Crippen molar-refractivity contribution in [2.75, 3.05) is 37.6 Å². The van der Waals surface area contributed by atoms with E-state index in [2.05, 4.69) is 33.0 Å². The van der Waals surface area contributed by atoms with Gasteiger partial charge in [0.15, 0.2) is 0 Å². The van der Waals surface area contributed by atoms with Crippen LogP contribution in [-0.2, 0) is 16.2 Å². The number of anilines is 1. The predicted molar refractivity (Wildman–Crippen MR) is 158 cm³/mol. The molecule has 9 heteroatoms. The van der Waals surface area contributed by atoms with E-state index in [0.29, 0.717) is 43.4 Å². The number of amides is 3. The molecule has 200 valence electrons. The molecule has 3 aromatic rings. The van der Waals surface area contributed by atoms with Gasteiger partial charge in [0, 0.05) is 31.9 Å². The van der Waals surface area contributed by atoms with Crippen molar-refractivity contribution < 1.29 is 19.1 Å². The number of hydrogen-bond donors (Lipinski definition) is 0. The van der Waals surface area contributed by atoms with Crippen LogP contribution in [0, 0.1) is 6.92 Å². The zero-order valence-electron chi connectivity index (χ0n) is 21.5. The van der Waals surface area contributed by atoms with E-state index < -0.39 is 11.1 Å². The topological polar surface area (TPSA) is 70.2 Å². The second kappa shape index (κ2) is 12.1. The number of benzene rings is 3. The molecule has 0 spiro atoms. The molecule has 3 amide bonds. The summed E-state index contributed by atoms with van der Waals surface area (Å²) >= 11 is 4.39. The minimum Gasteiger partial charge on any atom is -0.488 e. The van der Waals surface area contributed by atoms with Gasteiger partial charge in [0.2, 0.25) is 5.91 Å². The summed E-state index contributed by atoms with van der Waals surface area (Å²) in [6, 6.07) is 23.7. The van der Waals surface area contributed by atoms with Gasteiger partial charge in [0.05, 0.1) is 9.38 Å². The summed E-state index contributed by atoms with van der Waals surface area (Å²) in [4.78, 5) is 43.8. The molecular formula is C30H28BrN3O4S. The van der Waals surface area contributed by atoms with E-state index in [9.17, 15) is 14.4 Å². The first-order valence-electron chi connectivity index (χ1n) is 12.7. The Morgan fingerprint density at radius 2 is 1.69 bits per heavy atom. The highest BCUT2D eigenvalue weighted by Crippen LogP contribution is 2.34. The second-order valence-electron chi connectivity index (χ2n) is 9.44. The van der Waals surface area contributed by atoms with E-state index >= 15 is 0 Å². The number of carbonyl (C=O) groups is 3. The Labute approximate surface area is 240 Å². The summed E-state index contributed by atoms with van der Waals surface area (Å²) in [6.45, 7) is 4.74. The van der Waals surface area contributed by atoms with Crippen LogP contribution in [-0.4, -0.2) is 59.6 Å². The Hall–Kier alpha value is -3.56. The zero-order chi connectivity index (χ0) is 27.4. The third-order valence-corrected chi connectivity index (χ3v) is 8.22. The lowest BCUT2D eigenvalue weighted by Crippen LogP contribution is -2.51. The van der Waals surface area contributed by atoms with Gasteiger partial charge in [0.1, 0.15) is 18.9 Å². The van der Waals surface area contributed by atoms with E-state index in [-0.39, 0.29) is 12.5 Å². The Bertz CT molecular complexity index is 1400. The maximum atomic E-state index is 13.0. The molecule has 3 aromatic carbocycles. The zero-order valence-corrected chi connectivity index (χ0v) is 23.9. The highest BCUT2D eigenvalue weighted by molar-refractivity contribution is 9.10. The van der Waals surface area contributed by atoms with E-state index in [1.165, 1.54) is 5.56 Å². The number of para-hydroxylation sites is 1. The molecule has 7 nitrogen and oxygen atoms in total. The number of halogens is 1. The molecule has 2 saturated heterocycles. The van der Waals surface area contributed by atoms with E-state index in [0.717, 1.165) is 37.9 Å². The molecule has 2 heterocycles. The van der Waals surface area contributed by atoms with Gasteiger partial charge < -0.3 is 14.5 Å². The van der Waals surface area contributed by atoms with Crippen LogP contribution >= 0.6 is 27.7 Å². The van der Waals surface area contributed by atoms with Gasteiger partial charge in [-0.3, -0.25) is 19.3 Å². The van der Waals surface area contributed by atoms with Crippen LogP contribution in [0.3, 0.4) is 0 Å². The predicted octanol–water partition coefficient (Wildman–Crippen LogP) is 5.72. The van der Waals surface area contributed by atoms with Crippen molar-refractivity contribution in [2.45, 2.75) is 13.5 Å². The van der Waals surface area contributed by atoms with Crippen molar-refractivity contribution in [3.05, 3.63) is 98.9 Å². The second-order valence-corrected chi connectivity index (χ2v) is 11.3. The fourth-order valence-corrected chi connectivity index (χ4v) is 5.79. The maximum Gasteiger partial charge on any atom is 0.294 e. The Morgan fingerprint density at radius 3 is 2.38 bits per heavy atom. The summed E-state index contributed by atoms with van der Waals surface area (Å²) in [6.07, 6.45) is 1.67. The summed E-state index contributed by atoms with van der Waals surface area (Å²) in [5.74, 6) is 0.0139. The molecule has 0 bridgehead atoms. The number of ether oxygens (including phenoxy) is 1. The van der Waals surface area contributed by atoms with Gasteiger partial charge in [0.25, 0.3) is 11.1 Å². The number of piperazine rings is 1. The summed E-state index contributed by atoms with van der Waals surface area (Å²) in [7, 11) is 0. The van der Waals surface area contributed by atoms with Crippen molar-refractivity contribution in [3.63, 3.8) is 0 Å². The monoisotopic (exact) mass is 605 g/mol. The van der Waals surface area contributed by atoms with Crippen molar-refractivity contribution in [1.29, 1.82) is 0 Å². The van der Waals surface area contributed by atoms with Gasteiger partial charge in [-0.15, -0.1) is 0 Å². The average molecular weight is 607 g/mol. The van der Waals surface area contributed by atoms with E-state index in [1.54, 1.807) is 11.0 Å². The van der Waals surface area contributed by atoms with Crippen molar-refractivity contribution in [2.24, 2.45) is 0 Å². The normalized spacial score (nSPS) is 16.8. The fraction of sp³-hybridized carbons (Fsp3) is 0.233. The lowest BCUT2D eigenvalue weighted by atomic mass is 10.1. The molecule has 0 saturated carbocycles. The Kier molecular flexibility index (Phi) is 8.38. The van der Waals surface area contributed by atoms with Crippen LogP contribution in [0.1, 0.15) is 16.7 Å². The summed E-state index contributed by atoms with van der Waals surface area (Å²) < 4.78 is 6.67. The lowest BCUT2D eigenvalue weighted by Gasteiger charge is -2.36. The van der Waals surface area contributed by atoms with Crippen LogP contribution in [0.15, 0.2) is 82.2 Å². The van der Waals surface area contributed by atoms with E-state index in [1.807, 2.05) is 67.6 Å². The fourth-order valence-electron chi connectivity index (χ4n) is 4.45. The van der Waals surface area contributed by atoms with Gasteiger partial charge in [-0.2, -0.15) is 0 Å². The molecule has 39 heavy (non-hydrogen) atoms. The third-order valence-electron chi connectivity index (χ3n) is 6.69. The van der Waals surface area contributed by atoms with E-state index in [4.69, 9.17) is 4.74 Å². The quantitative estimate of drug-likeness (QED) is 0.321. The summed E-state index contributed by atoms with van der Waals surface area (Å²) in [5.41, 5.74) is 4.13. The van der Waals surface area contributed by atoms with Gasteiger partial charge in [-0.1, -0.05) is 54.1 Å². The first-order valence-corrected chi connectivity index (χ1v) is 14.3. The lowest BCUT2D eigenvalue weighted by molar-refractivity contribution is -0.136. The third kappa shape index (κ3) is 6.54. The highest BCUT2D eigenvalue weighted by atomic mass is 79.9. The molecule has 2 aliphatic heterocycles. The first kappa shape index (κ1) is 27.0. The molecule has 0 atom stereocenters. The SMILES string of the molecule is Cc1ccc(COc2ccc(/C=C3/SC(=O)N(CC(=O)N4CCN(c5ccccc5)CC4)C3=O)cc2Br)cc1. The van der Waals surface area contributed by atoms with Gasteiger partial charge in [-0.05, 0) is 76.1 Å². The van der Waals surface area contributed by atoms with Crippen LogP contribution in [0.5, 0.6) is 5.75 Å². The number of nitrogens with zero attached hydrogens (tertiary/aromatic N) is 3. The standard InChI is InChI=1S/C30H28BrN3O4S/c1-21-7-9-22(10-8-21)20-38-26-12-11-23(17-25(26)31)18-27-29(36)34(30(37)39-27)19-28(35)33-15-13-32(14-16-33)24-5-3-2-4-6-24/h2-12,17-18H,13-16,19-20H2,1H3/b27-18+. The molecule has 2 aliphatic rings. The molecule has 0 aliphatic carbocycles. The smallest absolute Gasteiger partial charge is 0.294 e. The number of imide groups is 1. The van der Waals surface area contributed by atoms with Crippen LogP contribution in [0.4, 0.5) is 10.5 Å². The van der Waals surface area contributed by atoms with Crippen molar-refractivity contribution >= 4 is 56.5 Å². The minimum absolute atomic E-state index is 0.218. The van der Waals surface area contributed by atoms with Crippen molar-refractivity contribution in [3.8, 4) is 5.75 Å². The average Bonchev–Trinajstić information content (AvgIpc) is 3.21. The number of rotatable bonds is 7. The molecular weight excluding hydrogens is 578 g/mol. The highest BCUT2D eigenvalue weighted by Gasteiger charge is 2.37. The maximum absolute atomic E-state index is 13.0. The largest absolute Gasteiger partial charge is 0.488 e. The first-order chi connectivity index (χ1) is 18.9. The van der Waals surface area contributed by atoms with Gasteiger partial charge in [-0.25, -0.2) is 0 Å². The number of carbonyl (C=O) groups excluding carboxylic acids is 3. The Morgan fingerprint density at radius 1 is 0.974 bits per heavy atom. The number of aryl methyl sites for hydroxylation is 1. The Balaban J connectivity index is 1.17. The van der Waals surface area contributed by atoms with Crippen LogP contribution in [0.25, 0.3) is 6.08 Å². The van der Waals surface area contributed by atoms with Gasteiger partial charge >= 0.3 is 0 Å². The van der Waals surface area contributed by atoms with Crippen LogP contribution < -0.4 is 9.64 Å². The molecule has 2 fully saturated rings. The summed E-state index contributed by atoms with van der Waals surface area (Å²) in [5, 5.41) is -0.431. The molecule has 0 aromatic heterocycles. The van der Waals surface area contributed by atoms with Crippen molar-refractivity contribution in [1.82, 2.24) is 9.80 Å². The van der Waals surface area contributed by atoms with Crippen LogP contribution in [0.2, 0.25) is 0 Å².